The Balaban J connectivity index is 1.60. The molecule has 32 heavy (non-hydrogen) atoms. The number of azo groups is 1. The Labute approximate surface area is 188 Å². The third-order valence-corrected chi connectivity index (χ3v) is 5.14. The number of carbonyl (C=O) groups is 2. The zero-order valence-corrected chi connectivity index (χ0v) is 17.6. The van der Waals surface area contributed by atoms with Crippen molar-refractivity contribution in [3.05, 3.63) is 77.3 Å². The summed E-state index contributed by atoms with van der Waals surface area (Å²) in [6.07, 6.45) is 0. The lowest BCUT2D eigenvalue weighted by Crippen LogP contribution is -2.29. The second-order valence-corrected chi connectivity index (χ2v) is 7.48. The van der Waals surface area contributed by atoms with E-state index in [2.05, 4.69) is 15.3 Å². The minimum atomic E-state index is -1.07. The molecule has 1 unspecified atom stereocenters. The third kappa shape index (κ3) is 4.08. The maximum absolute atomic E-state index is 12.8. The quantitative estimate of drug-likeness (QED) is 0.516. The number of phenols is 1. The Bertz CT molecular complexity index is 1270. The van der Waals surface area contributed by atoms with E-state index in [1.54, 1.807) is 61.5 Å². The molecule has 0 saturated carbocycles. The molecule has 0 aromatic heterocycles. The smallest absolute Gasteiger partial charge is 0.335 e. The number of hydrazone groups is 1. The van der Waals surface area contributed by atoms with Crippen molar-refractivity contribution in [1.82, 2.24) is 0 Å². The molecule has 3 aromatic carbocycles. The second-order valence-electron chi connectivity index (χ2n) is 7.05. The highest BCUT2D eigenvalue weighted by molar-refractivity contribution is 6.30. The van der Waals surface area contributed by atoms with Crippen molar-refractivity contribution in [2.45, 2.75) is 13.0 Å². The number of aromatic hydroxyl groups is 1. The molecule has 0 aliphatic carbocycles. The fourth-order valence-electron chi connectivity index (χ4n) is 3.24. The van der Waals surface area contributed by atoms with Crippen LogP contribution in [0.15, 0.2) is 82.1 Å². The lowest BCUT2D eigenvalue weighted by atomic mass is 10.0. The van der Waals surface area contributed by atoms with Crippen molar-refractivity contribution in [2.24, 2.45) is 15.3 Å². The van der Waals surface area contributed by atoms with Crippen LogP contribution in [0.4, 0.5) is 11.4 Å². The van der Waals surface area contributed by atoms with Crippen LogP contribution in [0.25, 0.3) is 11.1 Å². The van der Waals surface area contributed by atoms with E-state index in [0.29, 0.717) is 27.5 Å². The largest absolute Gasteiger partial charge is 0.505 e. The number of carboxylic acid groups (broad SMARTS) is 1. The average molecular weight is 449 g/mol. The molecule has 1 atom stereocenters. The molecular weight excluding hydrogens is 432 g/mol. The summed E-state index contributed by atoms with van der Waals surface area (Å²) in [6.45, 7) is 1.67. The highest BCUT2D eigenvalue weighted by atomic mass is 35.5. The molecule has 2 N–H and O–H groups in total. The first-order chi connectivity index (χ1) is 15.3. The highest BCUT2D eigenvalue weighted by Crippen LogP contribution is 2.38. The van der Waals surface area contributed by atoms with Gasteiger partial charge in [-0.15, -0.1) is 0 Å². The van der Waals surface area contributed by atoms with Gasteiger partial charge in [0.05, 0.1) is 17.0 Å². The Morgan fingerprint density at radius 2 is 1.81 bits per heavy atom. The number of carbonyl (C=O) groups excluding carboxylic acids is 1. The standard InChI is InChI=1S/C23H17ClN4O4/c1-13-20(22(30)28(27-13)17-10-8-16(24)9-11-17)26-25-19-7-3-6-18(21(19)29)14-4-2-5-15(12-14)23(31)32/h2-12,20,29H,1H3,(H,31,32). The fourth-order valence-corrected chi connectivity index (χ4v) is 3.37. The summed E-state index contributed by atoms with van der Waals surface area (Å²) in [5.74, 6) is -1.62. The molecule has 0 fully saturated rings. The molecule has 0 spiro atoms. The second kappa shape index (κ2) is 8.60. The van der Waals surface area contributed by atoms with E-state index in [1.165, 1.54) is 17.1 Å². The number of para-hydroxylation sites is 1. The molecule has 1 aliphatic rings. The Hall–Kier alpha value is -4.04. The van der Waals surface area contributed by atoms with Crippen LogP contribution in [0.2, 0.25) is 5.02 Å². The zero-order valence-electron chi connectivity index (χ0n) is 16.8. The van der Waals surface area contributed by atoms with Crippen LogP contribution in [0.5, 0.6) is 5.75 Å². The number of carboxylic acids is 1. The van der Waals surface area contributed by atoms with Crippen LogP contribution in [0.1, 0.15) is 17.3 Å². The van der Waals surface area contributed by atoms with Crippen LogP contribution in [0, 0.1) is 0 Å². The van der Waals surface area contributed by atoms with E-state index in [-0.39, 0.29) is 22.9 Å². The van der Waals surface area contributed by atoms with E-state index in [9.17, 15) is 19.8 Å². The Morgan fingerprint density at radius 1 is 1.09 bits per heavy atom. The summed E-state index contributed by atoms with van der Waals surface area (Å²) < 4.78 is 0. The summed E-state index contributed by atoms with van der Waals surface area (Å²) >= 11 is 5.90. The van der Waals surface area contributed by atoms with Gasteiger partial charge in [0.25, 0.3) is 5.91 Å². The third-order valence-electron chi connectivity index (χ3n) is 4.88. The lowest BCUT2D eigenvalue weighted by molar-refractivity contribution is -0.117. The van der Waals surface area contributed by atoms with Gasteiger partial charge in [-0.1, -0.05) is 35.9 Å². The molecule has 1 aliphatic heterocycles. The number of hydrogen-bond donors (Lipinski definition) is 2. The fraction of sp³-hybridized carbons (Fsp3) is 0.0870. The predicted molar refractivity (Wildman–Crippen MR) is 121 cm³/mol. The van der Waals surface area contributed by atoms with Gasteiger partial charge in [-0.3, -0.25) is 4.79 Å². The molecule has 1 amide bonds. The number of rotatable bonds is 5. The number of benzene rings is 3. The normalized spacial score (nSPS) is 15.9. The molecule has 8 nitrogen and oxygen atoms in total. The minimum absolute atomic E-state index is 0.0969. The monoisotopic (exact) mass is 448 g/mol. The van der Waals surface area contributed by atoms with Crippen LogP contribution >= 0.6 is 11.6 Å². The Morgan fingerprint density at radius 3 is 2.53 bits per heavy atom. The number of aromatic carboxylic acids is 1. The van der Waals surface area contributed by atoms with Crippen molar-refractivity contribution in [2.75, 3.05) is 5.01 Å². The topological polar surface area (TPSA) is 115 Å². The molecule has 160 valence electrons. The van der Waals surface area contributed by atoms with Gasteiger partial charge in [-0.25, -0.2) is 4.79 Å². The summed E-state index contributed by atoms with van der Waals surface area (Å²) in [4.78, 5) is 24.0. The van der Waals surface area contributed by atoms with Gasteiger partial charge in [0, 0.05) is 10.6 Å². The molecule has 1 heterocycles. The summed E-state index contributed by atoms with van der Waals surface area (Å²) in [5.41, 5.74) is 2.17. The van der Waals surface area contributed by atoms with Gasteiger partial charge >= 0.3 is 5.97 Å². The molecule has 0 radical (unpaired) electrons. The number of halogens is 1. The number of hydrogen-bond acceptors (Lipinski definition) is 6. The Kier molecular flexibility index (Phi) is 5.70. The minimum Gasteiger partial charge on any atom is -0.505 e. The summed E-state index contributed by atoms with van der Waals surface area (Å²) in [6, 6.07) is 16.8. The molecule has 0 bridgehead atoms. The first kappa shape index (κ1) is 21.2. The van der Waals surface area contributed by atoms with Gasteiger partial charge in [0.15, 0.2) is 11.8 Å². The SMILES string of the molecule is CC1=NN(c2ccc(Cl)cc2)C(=O)C1N=Nc1cccc(-c2cccc(C(=O)O)c2)c1O. The molecule has 3 aromatic rings. The first-order valence-electron chi connectivity index (χ1n) is 9.56. The number of nitrogens with zero attached hydrogens (tertiary/aromatic N) is 4. The van der Waals surface area contributed by atoms with Gasteiger partial charge < -0.3 is 10.2 Å². The summed E-state index contributed by atoms with van der Waals surface area (Å²) in [7, 11) is 0. The van der Waals surface area contributed by atoms with Crippen molar-refractivity contribution >= 4 is 40.6 Å². The van der Waals surface area contributed by atoms with Crippen LogP contribution in [0.3, 0.4) is 0 Å². The van der Waals surface area contributed by atoms with Crippen molar-refractivity contribution in [3.8, 4) is 16.9 Å². The van der Waals surface area contributed by atoms with Crippen LogP contribution < -0.4 is 5.01 Å². The van der Waals surface area contributed by atoms with E-state index in [1.807, 2.05) is 0 Å². The van der Waals surface area contributed by atoms with Gasteiger partial charge in [0.2, 0.25) is 0 Å². The molecule has 0 saturated heterocycles. The number of amides is 1. The van der Waals surface area contributed by atoms with E-state index < -0.39 is 12.0 Å². The van der Waals surface area contributed by atoms with E-state index in [0.717, 1.165) is 0 Å². The average Bonchev–Trinajstić information content (AvgIpc) is 3.07. The van der Waals surface area contributed by atoms with Gasteiger partial charge in [-0.2, -0.15) is 20.3 Å². The lowest BCUT2D eigenvalue weighted by Gasteiger charge is -2.12. The molecular formula is C23H17ClN4O4. The summed E-state index contributed by atoms with van der Waals surface area (Å²) in [5, 5.41) is 34.1. The van der Waals surface area contributed by atoms with Crippen molar-refractivity contribution < 1.29 is 19.8 Å². The zero-order chi connectivity index (χ0) is 22.8. The molecule has 9 heteroatoms. The first-order valence-corrected chi connectivity index (χ1v) is 9.94. The van der Waals surface area contributed by atoms with Crippen LogP contribution in [-0.2, 0) is 4.79 Å². The van der Waals surface area contributed by atoms with Crippen molar-refractivity contribution in [3.63, 3.8) is 0 Å². The maximum atomic E-state index is 12.8. The highest BCUT2D eigenvalue weighted by Gasteiger charge is 2.34. The molecule has 4 rings (SSSR count). The van der Waals surface area contributed by atoms with Gasteiger partial charge in [0.1, 0.15) is 5.69 Å². The number of phenolic OH excluding ortho intramolecular Hbond substituents is 1. The van der Waals surface area contributed by atoms with Crippen molar-refractivity contribution in [1.29, 1.82) is 0 Å². The van der Waals surface area contributed by atoms with Crippen LogP contribution in [-0.4, -0.2) is 33.8 Å². The maximum Gasteiger partial charge on any atom is 0.335 e. The van der Waals surface area contributed by atoms with E-state index in [4.69, 9.17) is 11.6 Å². The predicted octanol–water partition coefficient (Wildman–Crippen LogP) is 5.29. The van der Waals surface area contributed by atoms with Gasteiger partial charge in [-0.05, 0) is 55.0 Å². The number of anilines is 1. The van der Waals surface area contributed by atoms with E-state index >= 15 is 0 Å².